The van der Waals surface area contributed by atoms with Crippen molar-refractivity contribution in [1.82, 2.24) is 10.2 Å². The zero-order valence-corrected chi connectivity index (χ0v) is 11.3. The van der Waals surface area contributed by atoms with E-state index in [1.165, 1.54) is 19.2 Å². The molecule has 1 heterocycles. The summed E-state index contributed by atoms with van der Waals surface area (Å²) in [6.45, 7) is 0. The Hall–Kier alpha value is -2.22. The van der Waals surface area contributed by atoms with E-state index in [4.69, 9.17) is 0 Å². The third kappa shape index (κ3) is 2.63. The molecule has 1 aromatic heterocycles. The van der Waals surface area contributed by atoms with Crippen LogP contribution in [0, 0.1) is 10.1 Å². The molecule has 0 fully saturated rings. The fourth-order valence-electron chi connectivity index (χ4n) is 1.55. The molecule has 0 saturated carbocycles. The maximum absolute atomic E-state index is 11.3. The first kappa shape index (κ1) is 13.2. The second-order valence-corrected chi connectivity index (χ2v) is 4.49. The van der Waals surface area contributed by atoms with E-state index in [-0.39, 0.29) is 11.4 Å². The molecule has 0 spiro atoms. The SMILES string of the molecule is COC(=O)c1cc(-c2ccc(Br)cc2[N+](=O)[O-])n[nH]1. The number of aromatic amines is 1. The van der Waals surface area contributed by atoms with Crippen molar-refractivity contribution in [2.24, 2.45) is 0 Å². The second kappa shape index (κ2) is 5.19. The van der Waals surface area contributed by atoms with Crippen LogP contribution in [0.4, 0.5) is 5.69 Å². The van der Waals surface area contributed by atoms with Crippen LogP contribution in [0.2, 0.25) is 0 Å². The van der Waals surface area contributed by atoms with Crippen molar-refractivity contribution in [2.45, 2.75) is 0 Å². The number of halogens is 1. The Bertz CT molecular complexity index is 653. The van der Waals surface area contributed by atoms with E-state index < -0.39 is 10.9 Å². The summed E-state index contributed by atoms with van der Waals surface area (Å²) in [5.74, 6) is -0.585. The molecule has 0 bridgehead atoms. The Balaban J connectivity index is 2.50. The zero-order valence-electron chi connectivity index (χ0n) is 9.71. The molecule has 0 radical (unpaired) electrons. The highest BCUT2D eigenvalue weighted by Gasteiger charge is 2.19. The summed E-state index contributed by atoms with van der Waals surface area (Å²) in [5.41, 5.74) is 0.659. The molecule has 0 aliphatic rings. The lowest BCUT2D eigenvalue weighted by Gasteiger charge is -1.99. The number of carbonyl (C=O) groups is 1. The summed E-state index contributed by atoms with van der Waals surface area (Å²) >= 11 is 3.17. The van der Waals surface area contributed by atoms with E-state index >= 15 is 0 Å². The number of benzene rings is 1. The number of H-pyrrole nitrogens is 1. The van der Waals surface area contributed by atoms with Gasteiger partial charge >= 0.3 is 5.97 Å². The summed E-state index contributed by atoms with van der Waals surface area (Å²) in [6, 6.07) is 6.00. The van der Waals surface area contributed by atoms with Gasteiger partial charge in [-0.1, -0.05) is 15.9 Å². The normalized spacial score (nSPS) is 10.2. The maximum Gasteiger partial charge on any atom is 0.356 e. The van der Waals surface area contributed by atoms with Crippen LogP contribution in [-0.2, 0) is 4.74 Å². The van der Waals surface area contributed by atoms with Crippen LogP contribution in [0.5, 0.6) is 0 Å². The molecule has 0 aliphatic heterocycles. The average Bonchev–Trinajstić information content (AvgIpc) is 2.87. The number of rotatable bonds is 3. The summed E-state index contributed by atoms with van der Waals surface area (Å²) in [6.07, 6.45) is 0. The van der Waals surface area contributed by atoms with Crippen molar-refractivity contribution in [2.75, 3.05) is 7.11 Å². The van der Waals surface area contributed by atoms with Crippen LogP contribution >= 0.6 is 15.9 Å². The summed E-state index contributed by atoms with van der Waals surface area (Å²) < 4.78 is 5.12. The van der Waals surface area contributed by atoms with E-state index in [1.54, 1.807) is 12.1 Å². The predicted molar refractivity (Wildman–Crippen MR) is 69.7 cm³/mol. The van der Waals surface area contributed by atoms with Gasteiger partial charge in [0, 0.05) is 10.5 Å². The van der Waals surface area contributed by atoms with Gasteiger partial charge in [0.2, 0.25) is 0 Å². The van der Waals surface area contributed by atoms with Gasteiger partial charge < -0.3 is 4.74 Å². The Morgan fingerprint density at radius 2 is 2.21 bits per heavy atom. The van der Waals surface area contributed by atoms with Crippen LogP contribution in [-0.4, -0.2) is 28.2 Å². The number of carbonyl (C=O) groups excluding carboxylic acids is 1. The molecule has 1 N–H and O–H groups in total. The van der Waals surface area contributed by atoms with Gasteiger partial charge in [-0.3, -0.25) is 15.2 Å². The fourth-order valence-corrected chi connectivity index (χ4v) is 1.90. The summed E-state index contributed by atoms with van der Waals surface area (Å²) in [5, 5.41) is 17.4. The van der Waals surface area contributed by atoms with E-state index in [0.29, 0.717) is 15.7 Å². The Kier molecular flexibility index (Phi) is 3.61. The summed E-state index contributed by atoms with van der Waals surface area (Å²) in [7, 11) is 1.24. The fraction of sp³-hybridized carbons (Fsp3) is 0.0909. The van der Waals surface area contributed by atoms with E-state index in [9.17, 15) is 14.9 Å². The van der Waals surface area contributed by atoms with Gasteiger partial charge in [-0.15, -0.1) is 0 Å². The molecular formula is C11H8BrN3O4. The highest BCUT2D eigenvalue weighted by Crippen LogP contribution is 2.31. The monoisotopic (exact) mass is 325 g/mol. The number of hydrogen-bond donors (Lipinski definition) is 1. The van der Waals surface area contributed by atoms with Gasteiger partial charge in [0.1, 0.15) is 5.69 Å². The first-order valence-electron chi connectivity index (χ1n) is 5.11. The quantitative estimate of drug-likeness (QED) is 0.531. The van der Waals surface area contributed by atoms with E-state index in [2.05, 4.69) is 30.9 Å². The summed E-state index contributed by atoms with van der Waals surface area (Å²) in [4.78, 5) is 21.8. The van der Waals surface area contributed by atoms with E-state index in [1.807, 2.05) is 0 Å². The van der Waals surface area contributed by atoms with Crippen molar-refractivity contribution in [1.29, 1.82) is 0 Å². The third-order valence-corrected chi connectivity index (χ3v) is 2.91. The molecular weight excluding hydrogens is 318 g/mol. The van der Waals surface area contributed by atoms with Crippen LogP contribution in [0.3, 0.4) is 0 Å². The minimum absolute atomic E-state index is 0.0997. The van der Waals surface area contributed by atoms with Gasteiger partial charge in [0.15, 0.2) is 0 Å². The Morgan fingerprint density at radius 3 is 2.84 bits per heavy atom. The molecule has 1 aromatic carbocycles. The van der Waals surface area contributed by atoms with Crippen molar-refractivity contribution in [3.63, 3.8) is 0 Å². The standard InChI is InChI=1S/C11H8BrN3O4/c1-19-11(16)9-5-8(13-14-9)7-3-2-6(12)4-10(7)15(17)18/h2-5H,1H3,(H,13,14). The molecule has 0 aliphatic carbocycles. The molecule has 2 rings (SSSR count). The largest absolute Gasteiger partial charge is 0.464 e. The number of esters is 1. The number of aromatic nitrogens is 2. The molecule has 0 atom stereocenters. The first-order chi connectivity index (χ1) is 9.02. The predicted octanol–water partition coefficient (Wildman–Crippen LogP) is 2.53. The molecule has 19 heavy (non-hydrogen) atoms. The second-order valence-electron chi connectivity index (χ2n) is 3.58. The number of nitrogens with zero attached hydrogens (tertiary/aromatic N) is 2. The van der Waals surface area contributed by atoms with Crippen molar-refractivity contribution in [3.8, 4) is 11.3 Å². The molecule has 8 heteroatoms. The minimum atomic E-state index is -0.585. The van der Waals surface area contributed by atoms with Gasteiger partial charge in [-0.2, -0.15) is 5.10 Å². The lowest BCUT2D eigenvalue weighted by atomic mass is 10.1. The van der Waals surface area contributed by atoms with Crippen LogP contribution in [0.25, 0.3) is 11.3 Å². The van der Waals surface area contributed by atoms with Gasteiger partial charge in [0.25, 0.3) is 5.69 Å². The average molecular weight is 326 g/mol. The molecule has 2 aromatic rings. The number of nitrogens with one attached hydrogen (secondary N) is 1. The lowest BCUT2D eigenvalue weighted by Crippen LogP contribution is -2.00. The molecule has 7 nitrogen and oxygen atoms in total. The molecule has 98 valence electrons. The smallest absolute Gasteiger partial charge is 0.356 e. The minimum Gasteiger partial charge on any atom is -0.464 e. The molecule has 0 saturated heterocycles. The van der Waals surface area contributed by atoms with Gasteiger partial charge in [-0.05, 0) is 18.2 Å². The lowest BCUT2D eigenvalue weighted by molar-refractivity contribution is -0.384. The van der Waals surface area contributed by atoms with Gasteiger partial charge in [-0.25, -0.2) is 4.79 Å². The number of nitro benzene ring substituents is 1. The topological polar surface area (TPSA) is 98.1 Å². The Labute approximate surface area is 115 Å². The molecule has 0 amide bonds. The highest BCUT2D eigenvalue weighted by atomic mass is 79.9. The van der Waals surface area contributed by atoms with Gasteiger partial charge in [0.05, 0.1) is 23.3 Å². The highest BCUT2D eigenvalue weighted by molar-refractivity contribution is 9.10. The van der Waals surface area contributed by atoms with Crippen LogP contribution in [0.1, 0.15) is 10.5 Å². The Morgan fingerprint density at radius 1 is 1.47 bits per heavy atom. The molecule has 0 unspecified atom stereocenters. The van der Waals surface area contributed by atoms with Crippen molar-refractivity contribution in [3.05, 3.63) is 44.5 Å². The number of ether oxygens (including phenoxy) is 1. The number of hydrogen-bond acceptors (Lipinski definition) is 5. The number of methoxy groups -OCH3 is 1. The van der Waals surface area contributed by atoms with E-state index in [0.717, 1.165) is 0 Å². The van der Waals surface area contributed by atoms with Crippen molar-refractivity contribution >= 4 is 27.6 Å². The van der Waals surface area contributed by atoms with Crippen LogP contribution in [0.15, 0.2) is 28.7 Å². The number of nitro groups is 1. The van der Waals surface area contributed by atoms with Crippen molar-refractivity contribution < 1.29 is 14.5 Å². The zero-order chi connectivity index (χ0) is 14.0. The third-order valence-electron chi connectivity index (χ3n) is 2.42. The first-order valence-corrected chi connectivity index (χ1v) is 5.90. The maximum atomic E-state index is 11.3. The van der Waals surface area contributed by atoms with Crippen LogP contribution < -0.4 is 0 Å².